The van der Waals surface area contributed by atoms with Gasteiger partial charge in [0.2, 0.25) is 5.91 Å². The number of aliphatic imine (C=N–C) groups is 1. The van der Waals surface area contributed by atoms with Crippen molar-refractivity contribution in [2.75, 3.05) is 63.5 Å². The summed E-state index contributed by atoms with van der Waals surface area (Å²) >= 11 is 0. The monoisotopic (exact) mass is 817 g/mol. The first-order valence-corrected chi connectivity index (χ1v) is 21.4. The first-order chi connectivity index (χ1) is 28.9. The lowest BCUT2D eigenvalue weighted by molar-refractivity contribution is -0.125. The zero-order chi connectivity index (χ0) is 41.9. The fraction of sp³-hybridized carbons (Fsp3) is 0.500. The second kappa shape index (κ2) is 15.6. The van der Waals surface area contributed by atoms with Crippen molar-refractivity contribution < 1.29 is 24.0 Å². The summed E-state index contributed by atoms with van der Waals surface area (Å²) in [4.78, 5) is 79.4. The van der Waals surface area contributed by atoms with E-state index in [-0.39, 0.29) is 35.1 Å². The molecule has 1 unspecified atom stereocenters. The number of carbonyl (C=O) groups excluding carboxylic acids is 5. The predicted octanol–water partition coefficient (Wildman–Crippen LogP) is 2.97. The largest absolute Gasteiger partial charge is 0.382 e. The molecule has 2 aromatic carbocycles. The van der Waals surface area contributed by atoms with Gasteiger partial charge in [-0.3, -0.25) is 24.1 Å². The normalized spacial score (nSPS) is 27.0. The number of primary amides is 1. The Morgan fingerprint density at radius 1 is 0.950 bits per heavy atom. The zero-order valence-electron chi connectivity index (χ0n) is 34.5. The van der Waals surface area contributed by atoms with E-state index in [1.165, 1.54) is 5.56 Å². The summed E-state index contributed by atoms with van der Waals surface area (Å²) in [6.45, 7) is 11.5. The lowest BCUT2D eigenvalue weighted by atomic mass is 9.73. The van der Waals surface area contributed by atoms with Crippen molar-refractivity contribution in [1.82, 2.24) is 35.1 Å². The number of benzene rings is 2. The van der Waals surface area contributed by atoms with Crippen LogP contribution in [0.1, 0.15) is 84.6 Å². The fourth-order valence-electron chi connectivity index (χ4n) is 10.1. The standard InChI is InChI=1S/C44H55N11O5/c1-26-9-14-34(40(57)47-26)55-41(58)32-7-4-8-33(36(32)42(55)59)48-29-22-31(23-29)52-18-15-44(2,16-19-52)27-10-12-28(13-11-27)49-39-37(38(45)56)46-24-35(50-39)53-17-5-6-30(25-53)54-21-20-51(3)43(54)60/h4,7-8,10-13,29-31,34,46,48-49H,1,5-6,9,14-25H2,2-3H3,(H2,45,56)(H,47,57)/t29-,30-,31-,34?/m0/s1. The molecule has 16 nitrogen and oxygen atoms in total. The van der Waals surface area contributed by atoms with Gasteiger partial charge in [-0.15, -0.1) is 0 Å². The smallest absolute Gasteiger partial charge is 0.320 e. The lowest BCUT2D eigenvalue weighted by Crippen LogP contribution is -2.54. The molecule has 0 aromatic heterocycles. The van der Waals surface area contributed by atoms with E-state index in [0.29, 0.717) is 60.3 Å². The van der Waals surface area contributed by atoms with Gasteiger partial charge in [-0.1, -0.05) is 31.7 Å². The number of likely N-dealkylation sites (tertiary alicyclic amines) is 2. The molecule has 6 N–H and O–H groups in total. The molecule has 60 heavy (non-hydrogen) atoms. The first kappa shape index (κ1) is 39.6. The summed E-state index contributed by atoms with van der Waals surface area (Å²) in [6.07, 6.45) is 6.71. The third-order valence-electron chi connectivity index (χ3n) is 13.9. The van der Waals surface area contributed by atoms with Crippen LogP contribution >= 0.6 is 0 Å². The second-order valence-corrected chi connectivity index (χ2v) is 17.7. The molecule has 16 heteroatoms. The van der Waals surface area contributed by atoms with Crippen molar-refractivity contribution in [3.8, 4) is 0 Å². The van der Waals surface area contributed by atoms with Gasteiger partial charge in [-0.25, -0.2) is 9.79 Å². The Balaban J connectivity index is 0.786. The van der Waals surface area contributed by atoms with E-state index < -0.39 is 23.8 Å². The van der Waals surface area contributed by atoms with E-state index in [1.807, 2.05) is 30.1 Å². The van der Waals surface area contributed by atoms with Crippen LogP contribution in [0.25, 0.3) is 0 Å². The van der Waals surface area contributed by atoms with Gasteiger partial charge in [0.05, 0.1) is 23.7 Å². The Bertz CT molecular complexity index is 2190. The van der Waals surface area contributed by atoms with Crippen LogP contribution in [-0.4, -0.2) is 137 Å². The fourth-order valence-corrected chi connectivity index (χ4v) is 10.1. The first-order valence-electron chi connectivity index (χ1n) is 21.4. The van der Waals surface area contributed by atoms with Gasteiger partial charge < -0.3 is 46.6 Å². The van der Waals surface area contributed by atoms with E-state index >= 15 is 0 Å². The minimum Gasteiger partial charge on any atom is -0.382 e. The summed E-state index contributed by atoms with van der Waals surface area (Å²) in [7, 11) is 1.84. The van der Waals surface area contributed by atoms with Gasteiger partial charge in [0.1, 0.15) is 17.6 Å². The SMILES string of the molecule is C=C1CCC(N2C(=O)c3cccc(N[C@H]4C[C@H](N5CCC(C)(c6ccc(NC7=C(C(N)=O)NCC(N8CCC[C@H](N9CCN(C)C9=O)C8)=N7)cc6)CC5)C4)c3C2=O)C(=O)N1. The van der Waals surface area contributed by atoms with Gasteiger partial charge in [0.15, 0.2) is 5.82 Å². The number of carbonyl (C=O) groups is 5. The van der Waals surface area contributed by atoms with Crippen LogP contribution in [-0.2, 0) is 15.0 Å². The molecule has 0 radical (unpaired) electrons. The number of anilines is 2. The highest BCUT2D eigenvalue weighted by Crippen LogP contribution is 2.40. The molecule has 4 saturated heterocycles. The summed E-state index contributed by atoms with van der Waals surface area (Å²) in [6, 6.07) is 13.7. The quantitative estimate of drug-likeness (QED) is 0.236. The number of hydrogen-bond donors (Lipinski definition) is 5. The average Bonchev–Trinajstić information content (AvgIpc) is 3.70. The van der Waals surface area contributed by atoms with Crippen LogP contribution in [0.4, 0.5) is 16.2 Å². The number of rotatable bonds is 9. The molecular formula is C44H55N11O5. The summed E-state index contributed by atoms with van der Waals surface area (Å²) in [5.41, 5.74) is 10.1. The van der Waals surface area contributed by atoms with E-state index in [2.05, 4.69) is 56.7 Å². The van der Waals surface area contributed by atoms with Crippen LogP contribution in [0.15, 0.2) is 71.3 Å². The molecule has 6 amide bonds. The predicted molar refractivity (Wildman–Crippen MR) is 227 cm³/mol. The molecule has 5 fully saturated rings. The number of hydrogen-bond acceptors (Lipinski definition) is 11. The average molecular weight is 818 g/mol. The van der Waals surface area contributed by atoms with Gasteiger partial charge >= 0.3 is 6.03 Å². The van der Waals surface area contributed by atoms with Gasteiger partial charge in [-0.2, -0.15) is 0 Å². The number of nitrogens with two attached hydrogens (primary N) is 1. The highest BCUT2D eigenvalue weighted by Gasteiger charge is 2.46. The third kappa shape index (κ3) is 7.24. The molecule has 1 saturated carbocycles. The van der Waals surface area contributed by atoms with Crippen LogP contribution < -0.4 is 27.0 Å². The Labute approximate surface area is 350 Å². The highest BCUT2D eigenvalue weighted by molar-refractivity contribution is 6.25. The maximum Gasteiger partial charge on any atom is 0.320 e. The van der Waals surface area contributed by atoms with Crippen molar-refractivity contribution in [1.29, 1.82) is 0 Å². The Kier molecular flexibility index (Phi) is 10.3. The van der Waals surface area contributed by atoms with Gasteiger partial charge in [0, 0.05) is 62.4 Å². The topological polar surface area (TPSA) is 188 Å². The zero-order valence-corrected chi connectivity index (χ0v) is 34.5. The van der Waals surface area contributed by atoms with Crippen LogP contribution in [0, 0.1) is 0 Å². The third-order valence-corrected chi connectivity index (χ3v) is 13.9. The number of amides is 6. The molecule has 7 aliphatic rings. The molecular weight excluding hydrogens is 763 g/mol. The molecule has 2 atom stereocenters. The highest BCUT2D eigenvalue weighted by atomic mass is 16.2. The van der Waals surface area contributed by atoms with E-state index in [4.69, 9.17) is 10.7 Å². The van der Waals surface area contributed by atoms with Crippen molar-refractivity contribution in [2.24, 2.45) is 10.7 Å². The van der Waals surface area contributed by atoms with Crippen LogP contribution in [0.5, 0.6) is 0 Å². The summed E-state index contributed by atoms with van der Waals surface area (Å²) in [5, 5.41) is 12.8. The van der Waals surface area contributed by atoms with Crippen molar-refractivity contribution in [3.63, 3.8) is 0 Å². The maximum atomic E-state index is 13.6. The number of amidine groups is 1. The minimum atomic E-state index is -0.836. The van der Waals surface area contributed by atoms with Gasteiger partial charge in [0.25, 0.3) is 17.7 Å². The van der Waals surface area contributed by atoms with Crippen molar-refractivity contribution in [3.05, 3.63) is 82.9 Å². The second-order valence-electron chi connectivity index (χ2n) is 17.7. The number of urea groups is 1. The molecule has 0 bridgehead atoms. The molecule has 0 spiro atoms. The molecule has 316 valence electrons. The number of piperidine rings is 3. The number of nitrogens with one attached hydrogen (secondary N) is 4. The number of likely N-dealkylation sites (N-methyl/N-ethyl adjacent to an activating group) is 1. The van der Waals surface area contributed by atoms with Crippen molar-refractivity contribution in [2.45, 2.75) is 87.9 Å². The molecule has 1 aliphatic carbocycles. The Hall–Kier alpha value is -5.90. The van der Waals surface area contributed by atoms with Crippen LogP contribution in [0.3, 0.4) is 0 Å². The lowest BCUT2D eigenvalue weighted by Gasteiger charge is -2.48. The Morgan fingerprint density at radius 2 is 1.72 bits per heavy atom. The molecule has 6 aliphatic heterocycles. The number of fused-ring (bicyclic) bond motifs is 1. The molecule has 6 heterocycles. The molecule has 9 rings (SSSR count). The number of imide groups is 1. The minimum absolute atomic E-state index is 0.00791. The molecule has 2 aromatic rings. The van der Waals surface area contributed by atoms with E-state index in [1.54, 1.807) is 17.0 Å². The maximum absolute atomic E-state index is 13.6. The summed E-state index contributed by atoms with van der Waals surface area (Å²) < 4.78 is 0. The van der Waals surface area contributed by atoms with E-state index in [0.717, 1.165) is 87.7 Å². The number of nitrogens with zero attached hydrogens (tertiary/aromatic N) is 6. The summed E-state index contributed by atoms with van der Waals surface area (Å²) in [5.74, 6) is -0.581. The Morgan fingerprint density at radius 3 is 2.42 bits per heavy atom. The van der Waals surface area contributed by atoms with Crippen molar-refractivity contribution >= 4 is 46.9 Å². The van der Waals surface area contributed by atoms with Crippen LogP contribution in [0.2, 0.25) is 0 Å². The van der Waals surface area contributed by atoms with E-state index in [9.17, 15) is 24.0 Å². The van der Waals surface area contributed by atoms with Gasteiger partial charge in [-0.05, 0) is 99.7 Å². The number of allylic oxidation sites excluding steroid dienone is 1.